The molecule has 0 atom stereocenters. The Balaban J connectivity index is 1.93. The number of aromatic carboxylic acids is 1. The molecule has 0 bridgehead atoms. The SMILES string of the molecule is O=C(CC1CCCCC1)Nc1ccc(C(=O)O)c(O)c1. The summed E-state index contributed by atoms with van der Waals surface area (Å²) in [6.07, 6.45) is 6.30. The van der Waals surface area contributed by atoms with Gasteiger partial charge < -0.3 is 15.5 Å². The van der Waals surface area contributed by atoms with Gasteiger partial charge in [0, 0.05) is 18.2 Å². The van der Waals surface area contributed by atoms with E-state index >= 15 is 0 Å². The molecule has 0 radical (unpaired) electrons. The van der Waals surface area contributed by atoms with Gasteiger partial charge >= 0.3 is 5.97 Å². The molecule has 5 heteroatoms. The van der Waals surface area contributed by atoms with Gasteiger partial charge in [0.1, 0.15) is 11.3 Å². The van der Waals surface area contributed by atoms with Crippen LogP contribution in [0.25, 0.3) is 0 Å². The number of anilines is 1. The lowest BCUT2D eigenvalue weighted by Gasteiger charge is -2.20. The van der Waals surface area contributed by atoms with Crippen molar-refractivity contribution in [1.82, 2.24) is 0 Å². The monoisotopic (exact) mass is 277 g/mol. The number of phenols is 1. The van der Waals surface area contributed by atoms with Crippen LogP contribution in [0, 0.1) is 5.92 Å². The van der Waals surface area contributed by atoms with Gasteiger partial charge in [0.05, 0.1) is 0 Å². The van der Waals surface area contributed by atoms with Crippen LogP contribution in [-0.2, 0) is 4.79 Å². The van der Waals surface area contributed by atoms with E-state index < -0.39 is 5.97 Å². The molecule has 108 valence electrons. The molecule has 0 saturated heterocycles. The van der Waals surface area contributed by atoms with Crippen LogP contribution in [0.1, 0.15) is 48.9 Å². The van der Waals surface area contributed by atoms with Crippen molar-refractivity contribution in [2.45, 2.75) is 38.5 Å². The average Bonchev–Trinajstić information content (AvgIpc) is 2.39. The largest absolute Gasteiger partial charge is 0.507 e. The average molecular weight is 277 g/mol. The van der Waals surface area contributed by atoms with E-state index in [1.165, 1.54) is 37.5 Å². The van der Waals surface area contributed by atoms with Crippen LogP contribution in [0.15, 0.2) is 18.2 Å². The smallest absolute Gasteiger partial charge is 0.339 e. The summed E-state index contributed by atoms with van der Waals surface area (Å²) in [5.74, 6) is -1.18. The fraction of sp³-hybridized carbons (Fsp3) is 0.467. The molecular weight excluding hydrogens is 258 g/mol. The van der Waals surface area contributed by atoms with E-state index in [2.05, 4.69) is 5.32 Å². The summed E-state index contributed by atoms with van der Waals surface area (Å²) >= 11 is 0. The van der Waals surface area contributed by atoms with Crippen molar-refractivity contribution >= 4 is 17.6 Å². The summed E-state index contributed by atoms with van der Waals surface area (Å²) in [5, 5.41) is 21.1. The lowest BCUT2D eigenvalue weighted by molar-refractivity contribution is -0.117. The van der Waals surface area contributed by atoms with Crippen LogP contribution in [0.5, 0.6) is 5.75 Å². The Labute approximate surface area is 117 Å². The first-order valence-electron chi connectivity index (χ1n) is 6.92. The summed E-state index contributed by atoms with van der Waals surface area (Å²) in [6, 6.07) is 4.04. The molecule has 1 aliphatic rings. The van der Waals surface area contributed by atoms with Crippen LogP contribution in [0.2, 0.25) is 0 Å². The van der Waals surface area contributed by atoms with Crippen molar-refractivity contribution in [1.29, 1.82) is 0 Å². The molecule has 1 saturated carbocycles. The molecule has 3 N–H and O–H groups in total. The van der Waals surface area contributed by atoms with Crippen LogP contribution in [-0.4, -0.2) is 22.1 Å². The number of carbonyl (C=O) groups excluding carboxylic acids is 1. The highest BCUT2D eigenvalue weighted by atomic mass is 16.4. The van der Waals surface area contributed by atoms with Crippen molar-refractivity contribution in [2.24, 2.45) is 5.92 Å². The van der Waals surface area contributed by atoms with E-state index in [4.69, 9.17) is 5.11 Å². The second-order valence-electron chi connectivity index (χ2n) is 5.29. The van der Waals surface area contributed by atoms with Gasteiger partial charge in [0.25, 0.3) is 0 Å². The Kier molecular flexibility index (Phi) is 4.61. The minimum absolute atomic E-state index is 0.0839. The number of hydrogen-bond acceptors (Lipinski definition) is 3. The van der Waals surface area contributed by atoms with Gasteiger partial charge in [0.2, 0.25) is 5.91 Å². The number of carboxylic acids is 1. The molecular formula is C15H19NO4. The summed E-state index contributed by atoms with van der Waals surface area (Å²) < 4.78 is 0. The van der Waals surface area contributed by atoms with Crippen LogP contribution < -0.4 is 5.32 Å². The van der Waals surface area contributed by atoms with E-state index in [1.54, 1.807) is 0 Å². The molecule has 1 fully saturated rings. The van der Waals surface area contributed by atoms with Gasteiger partial charge in [-0.3, -0.25) is 4.79 Å². The second-order valence-corrected chi connectivity index (χ2v) is 5.29. The Morgan fingerprint density at radius 1 is 1.20 bits per heavy atom. The minimum atomic E-state index is -1.19. The molecule has 20 heavy (non-hydrogen) atoms. The van der Waals surface area contributed by atoms with Gasteiger partial charge in [0.15, 0.2) is 0 Å². The Morgan fingerprint density at radius 3 is 2.50 bits per heavy atom. The van der Waals surface area contributed by atoms with Crippen LogP contribution >= 0.6 is 0 Å². The molecule has 5 nitrogen and oxygen atoms in total. The summed E-state index contributed by atoms with van der Waals surface area (Å²) in [6.45, 7) is 0. The number of amides is 1. The number of carboxylic acid groups (broad SMARTS) is 1. The summed E-state index contributed by atoms with van der Waals surface area (Å²) in [7, 11) is 0. The quantitative estimate of drug-likeness (QED) is 0.789. The lowest BCUT2D eigenvalue weighted by atomic mass is 9.87. The molecule has 0 heterocycles. The standard InChI is InChI=1S/C15H19NO4/c17-13-9-11(6-7-12(13)15(19)20)16-14(18)8-10-4-2-1-3-5-10/h6-7,9-10,17H,1-5,8H2,(H,16,18)(H,19,20). The predicted molar refractivity (Wildman–Crippen MR) is 74.9 cm³/mol. The highest BCUT2D eigenvalue weighted by Gasteiger charge is 2.17. The van der Waals surface area contributed by atoms with Crippen molar-refractivity contribution in [3.8, 4) is 5.75 Å². The van der Waals surface area contributed by atoms with Gasteiger partial charge in [-0.2, -0.15) is 0 Å². The third kappa shape index (κ3) is 3.73. The van der Waals surface area contributed by atoms with Crippen LogP contribution in [0.4, 0.5) is 5.69 Å². The maximum atomic E-state index is 11.9. The molecule has 1 aromatic carbocycles. The first-order chi connectivity index (χ1) is 9.56. The Bertz CT molecular complexity index is 507. The van der Waals surface area contributed by atoms with Crippen LogP contribution in [0.3, 0.4) is 0 Å². The molecule has 2 rings (SSSR count). The summed E-state index contributed by atoms with van der Waals surface area (Å²) in [4.78, 5) is 22.7. The number of aromatic hydroxyl groups is 1. The maximum Gasteiger partial charge on any atom is 0.339 e. The van der Waals surface area contributed by atoms with E-state index in [0.29, 0.717) is 18.0 Å². The molecule has 0 spiro atoms. The highest BCUT2D eigenvalue weighted by Crippen LogP contribution is 2.27. The van der Waals surface area contributed by atoms with Gasteiger partial charge in [-0.25, -0.2) is 4.79 Å². The number of benzene rings is 1. The zero-order chi connectivity index (χ0) is 14.5. The number of nitrogens with one attached hydrogen (secondary N) is 1. The molecule has 0 unspecified atom stereocenters. The van der Waals surface area contributed by atoms with E-state index in [0.717, 1.165) is 12.8 Å². The van der Waals surface area contributed by atoms with E-state index in [9.17, 15) is 14.7 Å². The first-order valence-corrected chi connectivity index (χ1v) is 6.92. The number of hydrogen-bond donors (Lipinski definition) is 3. The second kappa shape index (κ2) is 6.41. The van der Waals surface area contributed by atoms with Crippen molar-refractivity contribution in [2.75, 3.05) is 5.32 Å². The van der Waals surface area contributed by atoms with E-state index in [1.807, 2.05) is 0 Å². The van der Waals surface area contributed by atoms with Crippen molar-refractivity contribution in [3.63, 3.8) is 0 Å². The van der Waals surface area contributed by atoms with E-state index in [-0.39, 0.29) is 17.2 Å². The normalized spacial score (nSPS) is 15.8. The third-order valence-electron chi connectivity index (χ3n) is 3.71. The molecule has 1 aromatic rings. The zero-order valence-electron chi connectivity index (χ0n) is 11.3. The predicted octanol–water partition coefficient (Wildman–Crippen LogP) is 3.00. The molecule has 1 aliphatic carbocycles. The fourth-order valence-electron chi connectivity index (χ4n) is 2.66. The van der Waals surface area contributed by atoms with Gasteiger partial charge in [-0.15, -0.1) is 0 Å². The molecule has 0 aromatic heterocycles. The van der Waals surface area contributed by atoms with Crippen molar-refractivity contribution in [3.05, 3.63) is 23.8 Å². The fourth-order valence-corrected chi connectivity index (χ4v) is 2.66. The number of rotatable bonds is 4. The Hall–Kier alpha value is -2.04. The topological polar surface area (TPSA) is 86.6 Å². The third-order valence-corrected chi connectivity index (χ3v) is 3.71. The number of carbonyl (C=O) groups is 2. The Morgan fingerprint density at radius 2 is 1.90 bits per heavy atom. The van der Waals surface area contributed by atoms with Crippen molar-refractivity contribution < 1.29 is 19.8 Å². The van der Waals surface area contributed by atoms with Gasteiger partial charge in [-0.1, -0.05) is 19.3 Å². The maximum absolute atomic E-state index is 11.9. The minimum Gasteiger partial charge on any atom is -0.507 e. The molecule has 0 aliphatic heterocycles. The highest BCUT2D eigenvalue weighted by molar-refractivity contribution is 5.94. The zero-order valence-corrected chi connectivity index (χ0v) is 11.3. The lowest BCUT2D eigenvalue weighted by Crippen LogP contribution is -2.18. The van der Waals surface area contributed by atoms with Gasteiger partial charge in [-0.05, 0) is 30.9 Å². The molecule has 1 amide bonds. The first kappa shape index (κ1) is 14.4. The summed E-state index contributed by atoms with van der Waals surface area (Å²) in [5.41, 5.74) is 0.253.